The Morgan fingerprint density at radius 1 is 1.26 bits per heavy atom. The van der Waals surface area contributed by atoms with Gasteiger partial charge in [-0.05, 0) is 37.7 Å². The van der Waals surface area contributed by atoms with Crippen molar-refractivity contribution in [1.29, 1.82) is 0 Å². The SMILES string of the molecule is CCOC(CCNC(=NC)NCCCSC)C(C)C. The number of guanidine groups is 1. The highest BCUT2D eigenvalue weighted by Gasteiger charge is 2.12. The molecule has 1 unspecified atom stereocenters. The van der Waals surface area contributed by atoms with Crippen LogP contribution in [0.3, 0.4) is 0 Å². The molecule has 5 heteroatoms. The number of hydrogen-bond acceptors (Lipinski definition) is 3. The zero-order valence-corrected chi connectivity index (χ0v) is 14.0. The molecule has 0 aromatic heterocycles. The maximum Gasteiger partial charge on any atom is 0.190 e. The second kappa shape index (κ2) is 12.6. The average Bonchev–Trinajstić information content (AvgIpc) is 2.40. The van der Waals surface area contributed by atoms with E-state index in [9.17, 15) is 0 Å². The van der Waals surface area contributed by atoms with Crippen molar-refractivity contribution < 1.29 is 4.74 Å². The third-order valence-corrected chi connectivity index (χ3v) is 3.58. The molecule has 0 fully saturated rings. The van der Waals surface area contributed by atoms with Gasteiger partial charge in [0.25, 0.3) is 0 Å². The number of nitrogens with one attached hydrogen (secondary N) is 2. The summed E-state index contributed by atoms with van der Waals surface area (Å²) in [5.41, 5.74) is 0. The summed E-state index contributed by atoms with van der Waals surface area (Å²) >= 11 is 1.87. The lowest BCUT2D eigenvalue weighted by Gasteiger charge is -2.21. The number of thioether (sulfide) groups is 1. The fourth-order valence-electron chi connectivity index (χ4n) is 1.80. The molecule has 0 heterocycles. The molecular formula is C14H31N3OS. The summed E-state index contributed by atoms with van der Waals surface area (Å²) in [5.74, 6) is 2.63. The fraction of sp³-hybridized carbons (Fsp3) is 0.929. The van der Waals surface area contributed by atoms with Gasteiger partial charge in [0, 0.05) is 26.7 Å². The van der Waals surface area contributed by atoms with Crippen LogP contribution in [0.4, 0.5) is 0 Å². The Morgan fingerprint density at radius 2 is 1.95 bits per heavy atom. The zero-order chi connectivity index (χ0) is 14.5. The monoisotopic (exact) mass is 289 g/mol. The molecule has 0 amide bonds. The topological polar surface area (TPSA) is 45.6 Å². The average molecular weight is 289 g/mol. The maximum absolute atomic E-state index is 5.73. The van der Waals surface area contributed by atoms with Crippen molar-refractivity contribution in [1.82, 2.24) is 10.6 Å². The van der Waals surface area contributed by atoms with Crippen LogP contribution in [-0.2, 0) is 4.74 Å². The molecule has 0 spiro atoms. The molecule has 0 bridgehead atoms. The lowest BCUT2D eigenvalue weighted by atomic mass is 10.0. The molecule has 4 nitrogen and oxygen atoms in total. The second-order valence-corrected chi connectivity index (χ2v) is 5.78. The van der Waals surface area contributed by atoms with Gasteiger partial charge < -0.3 is 15.4 Å². The molecule has 0 aliphatic rings. The van der Waals surface area contributed by atoms with E-state index in [0.717, 1.165) is 38.5 Å². The Kier molecular flexibility index (Phi) is 12.3. The highest BCUT2D eigenvalue weighted by molar-refractivity contribution is 7.98. The fourth-order valence-corrected chi connectivity index (χ4v) is 2.23. The van der Waals surface area contributed by atoms with E-state index >= 15 is 0 Å². The van der Waals surface area contributed by atoms with Crippen LogP contribution >= 0.6 is 11.8 Å². The minimum absolute atomic E-state index is 0.326. The first-order valence-corrected chi connectivity index (χ1v) is 8.60. The van der Waals surface area contributed by atoms with Crippen LogP contribution < -0.4 is 10.6 Å². The molecular weight excluding hydrogens is 258 g/mol. The summed E-state index contributed by atoms with van der Waals surface area (Å²) < 4.78 is 5.73. The summed E-state index contributed by atoms with van der Waals surface area (Å²) in [6.45, 7) is 9.11. The standard InChI is InChI=1S/C14H31N3OS/c1-6-18-13(12(2)3)8-10-17-14(15-4)16-9-7-11-19-5/h12-13H,6-11H2,1-5H3,(H2,15,16,17). The molecule has 1 atom stereocenters. The van der Waals surface area contributed by atoms with Crippen molar-refractivity contribution in [2.45, 2.75) is 39.7 Å². The summed E-state index contributed by atoms with van der Waals surface area (Å²) in [6, 6.07) is 0. The molecule has 0 rings (SSSR count). The Bertz CT molecular complexity index is 235. The van der Waals surface area contributed by atoms with Crippen molar-refractivity contribution in [3.05, 3.63) is 0 Å². The number of nitrogens with zero attached hydrogens (tertiary/aromatic N) is 1. The smallest absolute Gasteiger partial charge is 0.190 e. The predicted molar refractivity (Wildman–Crippen MR) is 87.2 cm³/mol. The summed E-state index contributed by atoms with van der Waals surface area (Å²) in [5, 5.41) is 6.67. The van der Waals surface area contributed by atoms with Crippen LogP contribution in [0.25, 0.3) is 0 Å². The third kappa shape index (κ3) is 10.1. The zero-order valence-electron chi connectivity index (χ0n) is 13.2. The summed E-state index contributed by atoms with van der Waals surface area (Å²) in [6.07, 6.45) is 4.63. The van der Waals surface area contributed by atoms with Crippen molar-refractivity contribution in [2.24, 2.45) is 10.9 Å². The lowest BCUT2D eigenvalue weighted by Crippen LogP contribution is -2.39. The van der Waals surface area contributed by atoms with Crippen LogP contribution in [0.5, 0.6) is 0 Å². The van der Waals surface area contributed by atoms with Gasteiger partial charge in [0.1, 0.15) is 0 Å². The molecule has 2 N–H and O–H groups in total. The normalized spacial score (nSPS) is 13.7. The van der Waals surface area contributed by atoms with Gasteiger partial charge in [-0.25, -0.2) is 0 Å². The predicted octanol–water partition coefficient (Wildman–Crippen LogP) is 2.36. The van der Waals surface area contributed by atoms with Gasteiger partial charge in [-0.1, -0.05) is 13.8 Å². The minimum Gasteiger partial charge on any atom is -0.378 e. The summed E-state index contributed by atoms with van der Waals surface area (Å²) in [4.78, 5) is 4.22. The Morgan fingerprint density at radius 3 is 2.47 bits per heavy atom. The number of hydrogen-bond donors (Lipinski definition) is 2. The largest absolute Gasteiger partial charge is 0.378 e. The van der Waals surface area contributed by atoms with Crippen LogP contribution in [0.15, 0.2) is 4.99 Å². The molecule has 0 saturated carbocycles. The van der Waals surface area contributed by atoms with E-state index in [2.05, 4.69) is 42.7 Å². The molecule has 114 valence electrons. The molecule has 0 aliphatic carbocycles. The molecule has 0 aromatic carbocycles. The summed E-state index contributed by atoms with van der Waals surface area (Å²) in [7, 11) is 1.81. The van der Waals surface area contributed by atoms with Gasteiger partial charge in [0.15, 0.2) is 5.96 Å². The van der Waals surface area contributed by atoms with E-state index < -0.39 is 0 Å². The Balaban J connectivity index is 3.81. The maximum atomic E-state index is 5.73. The van der Waals surface area contributed by atoms with Gasteiger partial charge in [0.05, 0.1) is 6.10 Å². The van der Waals surface area contributed by atoms with E-state index in [0.29, 0.717) is 12.0 Å². The first-order valence-electron chi connectivity index (χ1n) is 7.20. The quantitative estimate of drug-likeness (QED) is 0.368. The van der Waals surface area contributed by atoms with Crippen molar-refractivity contribution >= 4 is 17.7 Å². The number of ether oxygens (including phenoxy) is 1. The van der Waals surface area contributed by atoms with Crippen LogP contribution in [-0.4, -0.2) is 50.8 Å². The Labute approximate surface area is 123 Å². The van der Waals surface area contributed by atoms with Crippen LogP contribution in [0.1, 0.15) is 33.6 Å². The highest BCUT2D eigenvalue weighted by atomic mass is 32.2. The van der Waals surface area contributed by atoms with Gasteiger partial charge in [-0.2, -0.15) is 11.8 Å². The van der Waals surface area contributed by atoms with E-state index in [1.165, 1.54) is 5.75 Å². The van der Waals surface area contributed by atoms with Crippen LogP contribution in [0, 0.1) is 5.92 Å². The number of rotatable bonds is 10. The lowest BCUT2D eigenvalue weighted by molar-refractivity contribution is 0.0258. The van der Waals surface area contributed by atoms with Crippen LogP contribution in [0.2, 0.25) is 0 Å². The molecule has 0 radical (unpaired) electrons. The highest BCUT2D eigenvalue weighted by Crippen LogP contribution is 2.09. The van der Waals surface area contributed by atoms with E-state index in [1.54, 1.807) is 0 Å². The van der Waals surface area contributed by atoms with E-state index in [4.69, 9.17) is 4.74 Å². The van der Waals surface area contributed by atoms with Crippen molar-refractivity contribution in [2.75, 3.05) is 38.8 Å². The first kappa shape index (κ1) is 18.6. The van der Waals surface area contributed by atoms with E-state index in [1.807, 2.05) is 18.8 Å². The van der Waals surface area contributed by atoms with Gasteiger partial charge >= 0.3 is 0 Å². The second-order valence-electron chi connectivity index (χ2n) is 4.80. The van der Waals surface area contributed by atoms with Crippen molar-refractivity contribution in [3.8, 4) is 0 Å². The number of aliphatic imine (C=N–C) groups is 1. The molecule has 0 aliphatic heterocycles. The van der Waals surface area contributed by atoms with Crippen molar-refractivity contribution in [3.63, 3.8) is 0 Å². The van der Waals surface area contributed by atoms with E-state index in [-0.39, 0.29) is 0 Å². The van der Waals surface area contributed by atoms with Gasteiger partial charge in [0.2, 0.25) is 0 Å². The third-order valence-electron chi connectivity index (χ3n) is 2.89. The Hall–Kier alpha value is -0.420. The van der Waals surface area contributed by atoms with Gasteiger partial charge in [-0.3, -0.25) is 4.99 Å². The minimum atomic E-state index is 0.326. The molecule has 0 aromatic rings. The molecule has 0 saturated heterocycles. The van der Waals surface area contributed by atoms with Gasteiger partial charge in [-0.15, -0.1) is 0 Å². The first-order chi connectivity index (χ1) is 9.15. The molecule has 19 heavy (non-hydrogen) atoms.